The van der Waals surface area contributed by atoms with Crippen molar-refractivity contribution < 1.29 is 0 Å². The number of hydrogen-bond acceptors (Lipinski definition) is 1. The maximum atomic E-state index is 2.55. The van der Waals surface area contributed by atoms with Gasteiger partial charge in [0.05, 0.1) is 11.4 Å². The normalized spacial score (nSPS) is 11.2. The smallest absolute Gasteiger partial charge is 0.0618 e. The van der Waals surface area contributed by atoms with Crippen molar-refractivity contribution in [3.63, 3.8) is 0 Å². The Morgan fingerprint density at radius 3 is 0.942 bits per heavy atom. The highest BCUT2D eigenvalue weighted by molar-refractivity contribution is 6.22. The van der Waals surface area contributed by atoms with E-state index in [1.807, 2.05) is 0 Å². The van der Waals surface area contributed by atoms with Crippen LogP contribution in [0.2, 0.25) is 0 Å². The third-order valence-electron chi connectivity index (χ3n) is 13.4. The van der Waals surface area contributed by atoms with E-state index in [0.717, 1.165) is 72.7 Å². The van der Waals surface area contributed by atoms with Crippen molar-refractivity contribution in [2.75, 3.05) is 4.90 Å². The lowest BCUT2D eigenvalue weighted by atomic mass is 9.84. The highest BCUT2D eigenvalue weighted by atomic mass is 15.2. The lowest BCUT2D eigenvalue weighted by Crippen LogP contribution is -2.15. The molecule has 1 heteroatoms. The quantitative estimate of drug-likeness (QED) is 0.124. The maximum Gasteiger partial charge on any atom is 0.0618 e. The van der Waals surface area contributed by atoms with Crippen LogP contribution < -0.4 is 4.90 Å². The lowest BCUT2D eigenvalue weighted by Gasteiger charge is -2.34. The molecule has 0 spiro atoms. The molecule has 0 bridgehead atoms. The van der Waals surface area contributed by atoms with Gasteiger partial charge in [-0.2, -0.15) is 0 Å². The fourth-order valence-electron chi connectivity index (χ4n) is 10.3. The molecule has 0 unspecified atom stereocenters. The van der Waals surface area contributed by atoms with Gasteiger partial charge >= 0.3 is 0 Å². The summed E-state index contributed by atoms with van der Waals surface area (Å²) < 4.78 is 0. The first kappa shape index (κ1) is 41.4. The van der Waals surface area contributed by atoms with Crippen molar-refractivity contribution in [2.45, 2.75) is 0 Å². The molecule has 0 aliphatic rings. The number of anilines is 3. The van der Waals surface area contributed by atoms with Gasteiger partial charge in [0, 0.05) is 27.9 Å². The molecule has 0 fully saturated rings. The second kappa shape index (κ2) is 18.3. The highest BCUT2D eigenvalue weighted by Gasteiger charge is 2.27. The SMILES string of the molecule is c1ccc(-c2cccc(-c3ccccc3)c2N(c2cccc(-c3ccc4c(c3)c(-c3ccccc3)c(-c3ccccc3)c3ccccc34)c2)c2c(-c3ccccc3)cccc2-c2ccccc2)cc1. The molecule has 324 valence electrons. The predicted molar refractivity (Wildman–Crippen MR) is 294 cm³/mol. The number of nitrogens with zero attached hydrogens (tertiary/aromatic N) is 1. The molecule has 0 aliphatic carbocycles. The highest BCUT2D eigenvalue weighted by Crippen LogP contribution is 2.53. The summed E-state index contributed by atoms with van der Waals surface area (Å²) >= 11 is 0. The van der Waals surface area contributed by atoms with Crippen LogP contribution >= 0.6 is 0 Å². The van der Waals surface area contributed by atoms with Crippen LogP contribution in [0.15, 0.2) is 285 Å². The van der Waals surface area contributed by atoms with E-state index in [9.17, 15) is 0 Å². The molecule has 0 aliphatic heterocycles. The Labute approximate surface area is 404 Å². The van der Waals surface area contributed by atoms with Gasteiger partial charge in [-0.05, 0) is 95.4 Å². The Morgan fingerprint density at radius 2 is 0.507 bits per heavy atom. The molecule has 0 saturated carbocycles. The van der Waals surface area contributed by atoms with E-state index in [0.29, 0.717) is 0 Å². The van der Waals surface area contributed by atoms with E-state index in [4.69, 9.17) is 0 Å². The van der Waals surface area contributed by atoms with Crippen LogP contribution in [-0.2, 0) is 0 Å². The minimum absolute atomic E-state index is 1.06. The van der Waals surface area contributed by atoms with E-state index in [2.05, 4.69) is 290 Å². The van der Waals surface area contributed by atoms with Crippen molar-refractivity contribution in [3.05, 3.63) is 285 Å². The van der Waals surface area contributed by atoms with E-state index in [-0.39, 0.29) is 0 Å². The van der Waals surface area contributed by atoms with Crippen LogP contribution in [0.1, 0.15) is 0 Å². The fraction of sp³-hybridized carbons (Fsp3) is 0. The molecule has 0 aromatic heterocycles. The Kier molecular flexibility index (Phi) is 11.0. The minimum Gasteiger partial charge on any atom is -0.308 e. The number of fused-ring (bicyclic) bond motifs is 3. The average Bonchev–Trinajstić information content (AvgIpc) is 3.44. The van der Waals surface area contributed by atoms with Gasteiger partial charge in [0.2, 0.25) is 0 Å². The first-order valence-corrected chi connectivity index (χ1v) is 23.8. The van der Waals surface area contributed by atoms with Gasteiger partial charge < -0.3 is 4.90 Å². The summed E-state index contributed by atoms with van der Waals surface area (Å²) in [6.07, 6.45) is 0. The summed E-state index contributed by atoms with van der Waals surface area (Å²) in [5.41, 5.74) is 19.6. The van der Waals surface area contributed by atoms with Gasteiger partial charge in [-0.3, -0.25) is 0 Å². The first-order chi connectivity index (χ1) is 34.3. The molecule has 12 aromatic rings. The standard InChI is InChI=1S/C68H47N/c1-7-24-48(25-8-1)57-40-22-41-58(49-26-9-2-10-27-49)67(57)69(68-59(50-28-11-3-12-29-50)42-23-43-60(68)51-30-13-4-14-31-51)56-37-21-36-54(46-56)55-44-45-62-61-38-19-20-39-63(61)65(52-32-15-5-16-33-52)66(64(62)47-55)53-34-17-6-18-35-53/h1-47H. The monoisotopic (exact) mass is 877 g/mol. The summed E-state index contributed by atoms with van der Waals surface area (Å²) in [4.78, 5) is 2.55. The van der Waals surface area contributed by atoms with E-state index in [1.54, 1.807) is 0 Å². The van der Waals surface area contributed by atoms with Crippen LogP contribution in [0, 0.1) is 0 Å². The van der Waals surface area contributed by atoms with Crippen molar-refractivity contribution in [1.29, 1.82) is 0 Å². The number of benzene rings is 12. The number of hydrogen-bond donors (Lipinski definition) is 0. The molecule has 12 aromatic carbocycles. The van der Waals surface area contributed by atoms with Crippen LogP contribution in [0.3, 0.4) is 0 Å². The summed E-state index contributed by atoms with van der Waals surface area (Å²) in [7, 11) is 0. The average molecular weight is 878 g/mol. The van der Waals surface area contributed by atoms with Gasteiger partial charge in [-0.25, -0.2) is 0 Å². The predicted octanol–water partition coefficient (Wildman–Crippen LogP) is 19.1. The third-order valence-corrected chi connectivity index (χ3v) is 13.4. The van der Waals surface area contributed by atoms with Gasteiger partial charge in [0.15, 0.2) is 0 Å². The Morgan fingerprint density at radius 1 is 0.188 bits per heavy atom. The fourth-order valence-corrected chi connectivity index (χ4v) is 10.3. The van der Waals surface area contributed by atoms with E-state index < -0.39 is 0 Å². The number of rotatable bonds is 10. The molecule has 0 radical (unpaired) electrons. The van der Waals surface area contributed by atoms with Gasteiger partial charge in [-0.1, -0.05) is 267 Å². The molecule has 1 nitrogen and oxygen atoms in total. The zero-order valence-electron chi connectivity index (χ0n) is 38.1. The second-order valence-electron chi connectivity index (χ2n) is 17.5. The molecule has 0 saturated heterocycles. The topological polar surface area (TPSA) is 3.24 Å². The maximum absolute atomic E-state index is 2.55. The van der Waals surface area contributed by atoms with Crippen LogP contribution in [0.25, 0.3) is 99.4 Å². The number of para-hydroxylation sites is 2. The van der Waals surface area contributed by atoms with Crippen LogP contribution in [0.5, 0.6) is 0 Å². The van der Waals surface area contributed by atoms with E-state index in [1.165, 1.54) is 43.8 Å². The van der Waals surface area contributed by atoms with Crippen molar-refractivity contribution in [2.24, 2.45) is 0 Å². The molecule has 0 heterocycles. The molecule has 0 atom stereocenters. The molecule has 69 heavy (non-hydrogen) atoms. The summed E-state index contributed by atoms with van der Waals surface area (Å²) in [5.74, 6) is 0. The van der Waals surface area contributed by atoms with Crippen molar-refractivity contribution >= 4 is 38.6 Å². The van der Waals surface area contributed by atoms with Crippen LogP contribution in [-0.4, -0.2) is 0 Å². The Bertz CT molecular complexity index is 3490. The summed E-state index contributed by atoms with van der Waals surface area (Å²) in [6, 6.07) is 104. The largest absolute Gasteiger partial charge is 0.308 e. The summed E-state index contributed by atoms with van der Waals surface area (Å²) in [5, 5.41) is 4.95. The van der Waals surface area contributed by atoms with Gasteiger partial charge in [-0.15, -0.1) is 0 Å². The summed E-state index contributed by atoms with van der Waals surface area (Å²) in [6.45, 7) is 0. The van der Waals surface area contributed by atoms with Gasteiger partial charge in [0.1, 0.15) is 0 Å². The minimum atomic E-state index is 1.06. The molecular weight excluding hydrogens is 831 g/mol. The molecule has 12 rings (SSSR count). The second-order valence-corrected chi connectivity index (χ2v) is 17.5. The van der Waals surface area contributed by atoms with Crippen LogP contribution in [0.4, 0.5) is 17.1 Å². The lowest BCUT2D eigenvalue weighted by molar-refractivity contribution is 1.28. The molecule has 0 N–H and O–H groups in total. The van der Waals surface area contributed by atoms with Crippen molar-refractivity contribution in [3.8, 4) is 77.9 Å². The third kappa shape index (κ3) is 7.76. The zero-order valence-corrected chi connectivity index (χ0v) is 38.1. The Hall–Kier alpha value is -9.04. The first-order valence-electron chi connectivity index (χ1n) is 23.8. The Balaban J connectivity index is 1.17. The van der Waals surface area contributed by atoms with E-state index >= 15 is 0 Å². The molecular formula is C68H47N. The molecule has 0 amide bonds. The zero-order chi connectivity index (χ0) is 45.9. The van der Waals surface area contributed by atoms with Crippen molar-refractivity contribution in [1.82, 2.24) is 0 Å². The van der Waals surface area contributed by atoms with Gasteiger partial charge in [0.25, 0.3) is 0 Å².